The van der Waals surface area contributed by atoms with Crippen LogP contribution in [0.5, 0.6) is 0 Å². The zero-order valence-corrected chi connectivity index (χ0v) is 6.80. The van der Waals surface area contributed by atoms with Crippen molar-refractivity contribution in [2.24, 2.45) is 0 Å². The molecule has 2 rings (SSSR count). The van der Waals surface area contributed by atoms with E-state index in [4.69, 9.17) is 0 Å². The van der Waals surface area contributed by atoms with Crippen molar-refractivity contribution >= 4 is 28.9 Å². The molecule has 2 heterocycles. The smallest absolute Gasteiger partial charge is 0.330 e. The second-order valence-corrected chi connectivity index (χ2v) is 3.44. The molecule has 0 aromatic heterocycles. The molecule has 0 N–H and O–H groups in total. The van der Waals surface area contributed by atoms with Crippen LogP contribution in [0, 0.1) is 0 Å². The number of morpholine rings is 1. The van der Waals surface area contributed by atoms with Gasteiger partial charge in [0.15, 0.2) is 6.61 Å². The summed E-state index contributed by atoms with van der Waals surface area (Å²) in [4.78, 5) is 34.0. The number of ether oxygens (including phenoxy) is 1. The van der Waals surface area contributed by atoms with Crippen molar-refractivity contribution in [1.82, 2.24) is 4.90 Å². The maximum atomic E-state index is 11.0. The number of hydrogen-bond acceptors (Lipinski definition) is 5. The van der Waals surface area contributed by atoms with Gasteiger partial charge in [0.1, 0.15) is 6.04 Å². The van der Waals surface area contributed by atoms with Gasteiger partial charge in [-0.2, -0.15) is 0 Å². The molecule has 5 nitrogen and oxygen atoms in total. The van der Waals surface area contributed by atoms with Crippen LogP contribution in [0.4, 0.5) is 4.79 Å². The second kappa shape index (κ2) is 2.48. The highest BCUT2D eigenvalue weighted by molar-refractivity contribution is 8.14. The molecule has 0 aromatic rings. The van der Waals surface area contributed by atoms with Crippen molar-refractivity contribution in [3.8, 4) is 0 Å². The minimum absolute atomic E-state index is 0.304. The highest BCUT2D eigenvalue weighted by atomic mass is 32.2. The van der Waals surface area contributed by atoms with Crippen molar-refractivity contribution in [3.05, 3.63) is 0 Å². The summed E-state index contributed by atoms with van der Waals surface area (Å²) in [7, 11) is 0. The molecular formula is C6H5NO4S. The zero-order chi connectivity index (χ0) is 8.72. The predicted molar refractivity (Wildman–Crippen MR) is 39.4 cm³/mol. The standard InChI is InChI=1S/C6H5NO4S/c8-4-1-11-5(9)3-2-12-6(10)7(3)4/h3H,1-2H2. The Kier molecular flexibility index (Phi) is 1.57. The molecule has 6 heteroatoms. The molecule has 1 unspecified atom stereocenters. The van der Waals surface area contributed by atoms with E-state index in [2.05, 4.69) is 4.74 Å². The second-order valence-electron chi connectivity index (χ2n) is 2.46. The van der Waals surface area contributed by atoms with Crippen molar-refractivity contribution in [1.29, 1.82) is 0 Å². The molecule has 2 saturated heterocycles. The molecule has 0 bridgehead atoms. The molecule has 2 aliphatic rings. The highest BCUT2D eigenvalue weighted by Crippen LogP contribution is 2.26. The number of amides is 2. The summed E-state index contributed by atoms with van der Waals surface area (Å²) < 4.78 is 4.56. The Bertz CT molecular complexity index is 277. The average Bonchev–Trinajstić information content (AvgIpc) is 2.42. The van der Waals surface area contributed by atoms with Gasteiger partial charge >= 0.3 is 5.97 Å². The van der Waals surface area contributed by atoms with Gasteiger partial charge in [-0.05, 0) is 0 Å². The summed E-state index contributed by atoms with van der Waals surface area (Å²) in [5.74, 6) is -0.578. The van der Waals surface area contributed by atoms with Gasteiger partial charge in [-0.15, -0.1) is 0 Å². The molecule has 64 valence electrons. The van der Waals surface area contributed by atoms with Gasteiger partial charge in [0, 0.05) is 5.75 Å². The van der Waals surface area contributed by atoms with Crippen LogP contribution in [0.3, 0.4) is 0 Å². The minimum atomic E-state index is -0.677. The maximum Gasteiger partial charge on any atom is 0.330 e. The SMILES string of the molecule is O=C1OCC(=O)N2C(=O)SCC12. The topological polar surface area (TPSA) is 63.7 Å². The Morgan fingerprint density at radius 3 is 2.83 bits per heavy atom. The number of carbonyl (C=O) groups excluding carboxylic acids is 3. The van der Waals surface area contributed by atoms with Gasteiger partial charge in [-0.25, -0.2) is 4.79 Å². The lowest BCUT2D eigenvalue weighted by molar-refractivity contribution is -0.163. The van der Waals surface area contributed by atoms with Crippen molar-refractivity contribution < 1.29 is 19.1 Å². The number of esters is 1. The van der Waals surface area contributed by atoms with Crippen molar-refractivity contribution in [3.63, 3.8) is 0 Å². The van der Waals surface area contributed by atoms with E-state index >= 15 is 0 Å². The fraction of sp³-hybridized carbons (Fsp3) is 0.500. The summed E-state index contributed by atoms with van der Waals surface area (Å²) >= 11 is 0.975. The number of thioether (sulfide) groups is 1. The molecule has 2 aliphatic heterocycles. The molecule has 2 fully saturated rings. The monoisotopic (exact) mass is 187 g/mol. The summed E-state index contributed by atoms with van der Waals surface area (Å²) in [5.41, 5.74) is 0. The number of rotatable bonds is 0. The highest BCUT2D eigenvalue weighted by Gasteiger charge is 2.45. The largest absolute Gasteiger partial charge is 0.454 e. The summed E-state index contributed by atoms with van der Waals surface area (Å²) in [6.07, 6.45) is 0. The van der Waals surface area contributed by atoms with Gasteiger partial charge in [0.05, 0.1) is 0 Å². The number of nitrogens with zero attached hydrogens (tertiary/aromatic N) is 1. The van der Waals surface area contributed by atoms with E-state index in [1.54, 1.807) is 0 Å². The number of cyclic esters (lactones) is 1. The third-order valence-electron chi connectivity index (χ3n) is 1.75. The van der Waals surface area contributed by atoms with Gasteiger partial charge in [0.25, 0.3) is 11.1 Å². The van der Waals surface area contributed by atoms with E-state index in [0.717, 1.165) is 16.7 Å². The van der Waals surface area contributed by atoms with E-state index < -0.39 is 17.9 Å². The first kappa shape index (κ1) is 7.60. The van der Waals surface area contributed by atoms with Gasteiger partial charge in [0.2, 0.25) is 0 Å². The normalized spacial score (nSPS) is 28.8. The van der Waals surface area contributed by atoms with Crippen LogP contribution < -0.4 is 0 Å². The van der Waals surface area contributed by atoms with E-state index in [1.807, 2.05) is 0 Å². The van der Waals surface area contributed by atoms with Crippen LogP contribution in [0.15, 0.2) is 0 Å². The molecular weight excluding hydrogens is 182 g/mol. The fourth-order valence-electron chi connectivity index (χ4n) is 1.17. The Morgan fingerprint density at radius 1 is 1.42 bits per heavy atom. The van der Waals surface area contributed by atoms with E-state index in [-0.39, 0.29) is 11.8 Å². The molecule has 0 saturated carbocycles. The minimum Gasteiger partial charge on any atom is -0.454 e. The van der Waals surface area contributed by atoms with Crippen molar-refractivity contribution in [2.75, 3.05) is 12.4 Å². The Balaban J connectivity index is 2.30. The molecule has 12 heavy (non-hydrogen) atoms. The third kappa shape index (κ3) is 0.911. The van der Waals surface area contributed by atoms with Gasteiger partial charge in [-0.3, -0.25) is 14.5 Å². The summed E-state index contributed by atoms with van der Waals surface area (Å²) in [5, 5.41) is -0.346. The van der Waals surface area contributed by atoms with Gasteiger partial charge in [-0.1, -0.05) is 11.8 Å². The Hall–Kier alpha value is -1.04. The predicted octanol–water partition coefficient (Wildman–Crippen LogP) is -0.393. The lowest BCUT2D eigenvalue weighted by atomic mass is 10.2. The zero-order valence-electron chi connectivity index (χ0n) is 5.98. The van der Waals surface area contributed by atoms with E-state index in [0.29, 0.717) is 5.75 Å². The van der Waals surface area contributed by atoms with E-state index in [1.165, 1.54) is 0 Å². The Morgan fingerprint density at radius 2 is 2.17 bits per heavy atom. The van der Waals surface area contributed by atoms with Crippen LogP contribution in [-0.2, 0) is 14.3 Å². The molecule has 2 amide bonds. The average molecular weight is 187 g/mol. The maximum absolute atomic E-state index is 11.0. The first-order valence-electron chi connectivity index (χ1n) is 3.35. The quantitative estimate of drug-likeness (QED) is 0.483. The van der Waals surface area contributed by atoms with Crippen LogP contribution >= 0.6 is 11.8 Å². The van der Waals surface area contributed by atoms with E-state index in [9.17, 15) is 14.4 Å². The number of imide groups is 1. The lowest BCUT2D eigenvalue weighted by Gasteiger charge is -2.24. The number of fused-ring (bicyclic) bond motifs is 1. The van der Waals surface area contributed by atoms with Crippen LogP contribution in [0.1, 0.15) is 0 Å². The molecule has 0 aliphatic carbocycles. The van der Waals surface area contributed by atoms with Crippen LogP contribution in [0.25, 0.3) is 0 Å². The molecule has 1 atom stereocenters. The molecule has 0 aromatic carbocycles. The Labute approximate surface area is 72.0 Å². The van der Waals surface area contributed by atoms with Crippen molar-refractivity contribution in [2.45, 2.75) is 6.04 Å². The van der Waals surface area contributed by atoms with Gasteiger partial charge < -0.3 is 4.74 Å². The molecule has 0 spiro atoms. The summed E-state index contributed by atoms with van der Waals surface area (Å²) in [6.45, 7) is -0.304. The number of hydrogen-bond donors (Lipinski definition) is 0. The summed E-state index contributed by atoms with van der Waals surface area (Å²) in [6, 6.07) is -0.677. The number of carbonyl (C=O) groups is 3. The first-order valence-corrected chi connectivity index (χ1v) is 4.34. The molecule has 0 radical (unpaired) electrons. The fourth-order valence-corrected chi connectivity index (χ4v) is 2.12. The lowest BCUT2D eigenvalue weighted by Crippen LogP contribution is -2.50. The van der Waals surface area contributed by atoms with Crippen LogP contribution in [0.2, 0.25) is 0 Å². The third-order valence-corrected chi connectivity index (χ3v) is 2.68. The van der Waals surface area contributed by atoms with Crippen LogP contribution in [-0.4, -0.2) is 40.4 Å². The first-order chi connectivity index (χ1) is 5.70.